The van der Waals surface area contributed by atoms with Crippen molar-refractivity contribution in [2.75, 3.05) is 18.0 Å². The van der Waals surface area contributed by atoms with Crippen molar-refractivity contribution in [2.45, 2.75) is 20.0 Å². The molecule has 0 aliphatic carbocycles. The molecule has 0 amide bonds. The largest absolute Gasteiger partial charge is 0.417 e. The summed E-state index contributed by atoms with van der Waals surface area (Å²) in [5.74, 6) is 0.252. The highest BCUT2D eigenvalue weighted by Gasteiger charge is 2.30. The maximum Gasteiger partial charge on any atom is 0.417 e. The fourth-order valence-corrected chi connectivity index (χ4v) is 1.50. The van der Waals surface area contributed by atoms with Gasteiger partial charge >= 0.3 is 6.18 Å². The van der Waals surface area contributed by atoms with Gasteiger partial charge in [0, 0.05) is 19.3 Å². The van der Waals surface area contributed by atoms with E-state index in [1.165, 1.54) is 6.07 Å². The van der Waals surface area contributed by atoms with Crippen LogP contribution in [0.3, 0.4) is 0 Å². The molecular weight excluding hydrogens is 243 g/mol. The van der Waals surface area contributed by atoms with Crippen LogP contribution in [0.5, 0.6) is 0 Å². The highest BCUT2D eigenvalue weighted by Crippen LogP contribution is 2.29. The van der Waals surface area contributed by atoms with Crippen molar-refractivity contribution in [3.63, 3.8) is 0 Å². The second kappa shape index (κ2) is 5.71. The van der Waals surface area contributed by atoms with E-state index >= 15 is 0 Å². The smallest absolute Gasteiger partial charge is 0.356 e. The molecule has 1 aromatic rings. The number of nitrogens with zero attached hydrogens (tertiary/aromatic N) is 3. The highest BCUT2D eigenvalue weighted by atomic mass is 19.4. The average Bonchev–Trinajstić information content (AvgIpc) is 2.34. The lowest BCUT2D eigenvalue weighted by atomic mass is 10.2. The molecule has 98 valence electrons. The van der Waals surface area contributed by atoms with Gasteiger partial charge in [-0.05, 0) is 26.0 Å². The quantitative estimate of drug-likeness (QED) is 0.832. The molecule has 1 atom stereocenters. The summed E-state index contributed by atoms with van der Waals surface area (Å²) >= 11 is 0. The molecule has 3 nitrogen and oxygen atoms in total. The van der Waals surface area contributed by atoms with E-state index in [1.54, 1.807) is 11.8 Å². The third-order valence-electron chi connectivity index (χ3n) is 2.50. The van der Waals surface area contributed by atoms with Crippen LogP contribution in [-0.2, 0) is 6.18 Å². The second-order valence-electron chi connectivity index (χ2n) is 3.97. The second-order valence-corrected chi connectivity index (χ2v) is 3.97. The van der Waals surface area contributed by atoms with E-state index in [-0.39, 0.29) is 5.92 Å². The van der Waals surface area contributed by atoms with Crippen LogP contribution in [0.2, 0.25) is 0 Å². The van der Waals surface area contributed by atoms with Gasteiger partial charge in [0.2, 0.25) is 0 Å². The predicted molar refractivity (Wildman–Crippen MR) is 61.9 cm³/mol. The molecule has 0 radical (unpaired) electrons. The Morgan fingerprint density at radius 3 is 2.50 bits per heavy atom. The van der Waals surface area contributed by atoms with Crippen LogP contribution >= 0.6 is 0 Å². The van der Waals surface area contributed by atoms with Gasteiger partial charge in [-0.2, -0.15) is 18.4 Å². The number of alkyl halides is 3. The van der Waals surface area contributed by atoms with Crippen molar-refractivity contribution < 1.29 is 13.2 Å². The summed E-state index contributed by atoms with van der Waals surface area (Å²) < 4.78 is 37.1. The summed E-state index contributed by atoms with van der Waals surface area (Å²) in [5.41, 5.74) is -0.768. The minimum absolute atomic E-state index is 0.200. The molecule has 1 rings (SSSR count). The summed E-state index contributed by atoms with van der Waals surface area (Å²) in [6.07, 6.45) is -3.56. The molecular formula is C12H14F3N3. The summed E-state index contributed by atoms with van der Waals surface area (Å²) in [6, 6.07) is 4.42. The molecule has 6 heteroatoms. The molecule has 0 aliphatic heterocycles. The van der Waals surface area contributed by atoms with Crippen molar-refractivity contribution in [2.24, 2.45) is 5.92 Å². The molecule has 0 bridgehead atoms. The van der Waals surface area contributed by atoms with Gasteiger partial charge in [-0.15, -0.1) is 0 Å². The molecule has 1 heterocycles. The third kappa shape index (κ3) is 3.62. The first-order valence-electron chi connectivity index (χ1n) is 5.56. The third-order valence-corrected chi connectivity index (χ3v) is 2.50. The monoisotopic (exact) mass is 257 g/mol. The van der Waals surface area contributed by atoms with Crippen molar-refractivity contribution in [1.29, 1.82) is 5.26 Å². The molecule has 0 N–H and O–H groups in total. The average molecular weight is 257 g/mol. The van der Waals surface area contributed by atoms with Crippen LogP contribution in [-0.4, -0.2) is 18.1 Å². The lowest BCUT2D eigenvalue weighted by molar-refractivity contribution is -0.137. The van der Waals surface area contributed by atoms with Crippen LogP contribution in [0.1, 0.15) is 19.4 Å². The van der Waals surface area contributed by atoms with Gasteiger partial charge in [0.25, 0.3) is 0 Å². The van der Waals surface area contributed by atoms with Crippen LogP contribution in [0, 0.1) is 17.2 Å². The van der Waals surface area contributed by atoms with Gasteiger partial charge in [0.1, 0.15) is 5.82 Å². The number of pyridine rings is 1. The Morgan fingerprint density at radius 2 is 2.11 bits per heavy atom. The van der Waals surface area contributed by atoms with Crippen molar-refractivity contribution in [3.8, 4) is 6.07 Å². The number of hydrogen-bond acceptors (Lipinski definition) is 3. The molecule has 1 unspecified atom stereocenters. The first-order valence-corrected chi connectivity index (χ1v) is 5.56. The van der Waals surface area contributed by atoms with E-state index in [0.717, 1.165) is 12.3 Å². The van der Waals surface area contributed by atoms with Gasteiger partial charge in [0.15, 0.2) is 0 Å². The Bertz CT molecular complexity index is 420. The zero-order valence-corrected chi connectivity index (χ0v) is 10.2. The number of halogens is 3. The van der Waals surface area contributed by atoms with Gasteiger partial charge in [-0.1, -0.05) is 0 Å². The lowest BCUT2D eigenvalue weighted by Gasteiger charge is -2.23. The molecule has 0 aromatic carbocycles. The van der Waals surface area contributed by atoms with E-state index in [0.29, 0.717) is 18.9 Å². The first-order chi connectivity index (χ1) is 8.38. The topological polar surface area (TPSA) is 39.9 Å². The summed E-state index contributed by atoms with van der Waals surface area (Å²) in [7, 11) is 0. The SMILES string of the molecule is CCN(CC(C)C#N)c1ccc(C(F)(F)F)cn1. The van der Waals surface area contributed by atoms with Crippen molar-refractivity contribution in [3.05, 3.63) is 23.9 Å². The standard InChI is InChI=1S/C12H14F3N3/c1-3-18(8-9(2)6-16)11-5-4-10(7-17-11)12(13,14)15/h4-5,7,9H,3,8H2,1-2H3. The minimum Gasteiger partial charge on any atom is -0.356 e. The van der Waals surface area contributed by atoms with Gasteiger partial charge in [-0.3, -0.25) is 0 Å². The Kier molecular flexibility index (Phi) is 4.54. The Labute approximate surface area is 104 Å². The predicted octanol–water partition coefficient (Wildman–Crippen LogP) is 3.09. The Balaban J connectivity index is 2.86. The first kappa shape index (κ1) is 14.3. The van der Waals surface area contributed by atoms with E-state index in [2.05, 4.69) is 11.1 Å². The maximum atomic E-state index is 12.4. The van der Waals surface area contributed by atoms with Gasteiger partial charge in [0.05, 0.1) is 17.6 Å². The molecule has 0 aliphatic rings. The van der Waals surface area contributed by atoms with E-state index in [1.807, 2.05) is 6.92 Å². The van der Waals surface area contributed by atoms with Gasteiger partial charge in [-0.25, -0.2) is 4.98 Å². The summed E-state index contributed by atoms with van der Waals surface area (Å²) in [5, 5.41) is 8.73. The van der Waals surface area contributed by atoms with E-state index in [9.17, 15) is 13.2 Å². The number of anilines is 1. The normalized spacial score (nSPS) is 12.9. The summed E-state index contributed by atoms with van der Waals surface area (Å²) in [4.78, 5) is 5.57. The van der Waals surface area contributed by atoms with Crippen molar-refractivity contribution in [1.82, 2.24) is 4.98 Å². The molecule has 0 spiro atoms. The van der Waals surface area contributed by atoms with Crippen LogP contribution in [0.15, 0.2) is 18.3 Å². The minimum atomic E-state index is -4.37. The number of aromatic nitrogens is 1. The fourth-order valence-electron chi connectivity index (χ4n) is 1.50. The van der Waals surface area contributed by atoms with E-state index in [4.69, 9.17) is 5.26 Å². The van der Waals surface area contributed by atoms with E-state index < -0.39 is 11.7 Å². The molecule has 0 saturated heterocycles. The summed E-state index contributed by atoms with van der Waals surface area (Å²) in [6.45, 7) is 4.66. The zero-order valence-electron chi connectivity index (χ0n) is 10.2. The molecule has 18 heavy (non-hydrogen) atoms. The van der Waals surface area contributed by atoms with Crippen LogP contribution in [0.25, 0.3) is 0 Å². The highest BCUT2D eigenvalue weighted by molar-refractivity contribution is 5.39. The number of hydrogen-bond donors (Lipinski definition) is 0. The zero-order chi connectivity index (χ0) is 13.8. The van der Waals surface area contributed by atoms with Gasteiger partial charge < -0.3 is 4.90 Å². The fraction of sp³-hybridized carbons (Fsp3) is 0.500. The van der Waals surface area contributed by atoms with Crippen molar-refractivity contribution >= 4 is 5.82 Å². The van der Waals surface area contributed by atoms with Crippen LogP contribution < -0.4 is 4.90 Å². The number of rotatable bonds is 4. The molecule has 1 aromatic heterocycles. The number of nitriles is 1. The maximum absolute atomic E-state index is 12.4. The van der Waals surface area contributed by atoms with Crippen LogP contribution in [0.4, 0.5) is 19.0 Å². The lowest BCUT2D eigenvalue weighted by Crippen LogP contribution is -2.28. The molecule has 0 fully saturated rings. The Hall–Kier alpha value is -1.77. The Morgan fingerprint density at radius 1 is 1.44 bits per heavy atom. The molecule has 0 saturated carbocycles.